The fraction of sp³-hybridized carbons (Fsp3) is 1.00. The van der Waals surface area contributed by atoms with E-state index in [4.69, 9.17) is 0 Å². The summed E-state index contributed by atoms with van der Waals surface area (Å²) in [5.41, 5.74) is -0.102. The molecule has 0 saturated heterocycles. The van der Waals surface area contributed by atoms with Gasteiger partial charge in [0.15, 0.2) is 0 Å². The maximum absolute atomic E-state index is 9.57. The standard InChI is InChI=1S/C17H39N3O/c1-6-11-18-17(3,16-21)10-8-9-13-20(12-7-2)15-14-19(4)5/h18,21H,6-16H2,1-5H3. The third kappa shape index (κ3) is 11.1. The second-order valence-corrected chi connectivity index (χ2v) is 6.75. The summed E-state index contributed by atoms with van der Waals surface area (Å²) in [5.74, 6) is 0. The maximum Gasteiger partial charge on any atom is 0.0610 e. The first-order valence-electron chi connectivity index (χ1n) is 8.70. The van der Waals surface area contributed by atoms with Crippen LogP contribution < -0.4 is 5.32 Å². The van der Waals surface area contributed by atoms with Gasteiger partial charge in [-0.15, -0.1) is 0 Å². The van der Waals surface area contributed by atoms with Crippen LogP contribution in [-0.2, 0) is 0 Å². The van der Waals surface area contributed by atoms with E-state index in [1.807, 2.05) is 0 Å². The van der Waals surface area contributed by atoms with Gasteiger partial charge in [-0.05, 0) is 66.3 Å². The van der Waals surface area contributed by atoms with Crippen LogP contribution in [0.25, 0.3) is 0 Å². The van der Waals surface area contributed by atoms with Gasteiger partial charge in [0.25, 0.3) is 0 Å². The molecule has 0 heterocycles. The number of hydrogen-bond acceptors (Lipinski definition) is 4. The molecule has 0 aromatic carbocycles. The molecule has 4 heteroatoms. The van der Waals surface area contributed by atoms with E-state index in [9.17, 15) is 5.11 Å². The smallest absolute Gasteiger partial charge is 0.0610 e. The summed E-state index contributed by atoms with van der Waals surface area (Å²) in [4.78, 5) is 4.82. The highest BCUT2D eigenvalue weighted by Crippen LogP contribution is 2.13. The molecule has 1 unspecified atom stereocenters. The van der Waals surface area contributed by atoms with Crippen LogP contribution in [0.15, 0.2) is 0 Å². The Kier molecular flexibility index (Phi) is 12.3. The zero-order valence-corrected chi connectivity index (χ0v) is 15.1. The second-order valence-electron chi connectivity index (χ2n) is 6.75. The number of aliphatic hydroxyl groups is 1. The summed E-state index contributed by atoms with van der Waals surface area (Å²) >= 11 is 0. The van der Waals surface area contributed by atoms with Crippen molar-refractivity contribution in [1.29, 1.82) is 0 Å². The molecule has 0 fully saturated rings. The molecule has 0 radical (unpaired) electrons. The molecule has 21 heavy (non-hydrogen) atoms. The number of nitrogens with one attached hydrogen (secondary N) is 1. The van der Waals surface area contributed by atoms with Crippen molar-refractivity contribution in [2.24, 2.45) is 0 Å². The highest BCUT2D eigenvalue weighted by molar-refractivity contribution is 4.82. The van der Waals surface area contributed by atoms with Gasteiger partial charge in [0, 0.05) is 18.6 Å². The molecule has 0 bridgehead atoms. The molecule has 0 saturated carbocycles. The fourth-order valence-corrected chi connectivity index (χ4v) is 2.49. The highest BCUT2D eigenvalue weighted by atomic mass is 16.3. The molecule has 2 N–H and O–H groups in total. The van der Waals surface area contributed by atoms with Gasteiger partial charge in [-0.25, -0.2) is 0 Å². The van der Waals surface area contributed by atoms with Crippen molar-refractivity contribution < 1.29 is 5.11 Å². The van der Waals surface area contributed by atoms with Crippen LogP contribution in [0.5, 0.6) is 0 Å². The van der Waals surface area contributed by atoms with Gasteiger partial charge in [-0.3, -0.25) is 0 Å². The maximum atomic E-state index is 9.57. The first-order valence-corrected chi connectivity index (χ1v) is 8.70. The Morgan fingerprint density at radius 3 is 2.19 bits per heavy atom. The average molecular weight is 302 g/mol. The molecule has 0 amide bonds. The first kappa shape index (κ1) is 20.8. The largest absolute Gasteiger partial charge is 0.394 e. The van der Waals surface area contributed by atoms with Gasteiger partial charge < -0.3 is 20.2 Å². The zero-order chi connectivity index (χ0) is 16.1. The van der Waals surface area contributed by atoms with Crippen LogP contribution in [0.3, 0.4) is 0 Å². The van der Waals surface area contributed by atoms with Crippen LogP contribution in [0.4, 0.5) is 0 Å². The minimum Gasteiger partial charge on any atom is -0.394 e. The number of rotatable bonds is 14. The zero-order valence-electron chi connectivity index (χ0n) is 15.1. The SMILES string of the molecule is CCCNC(C)(CO)CCCCN(CCC)CCN(C)C. The Balaban J connectivity index is 3.95. The van der Waals surface area contributed by atoms with Gasteiger partial charge >= 0.3 is 0 Å². The van der Waals surface area contributed by atoms with Crippen LogP contribution in [0, 0.1) is 0 Å². The van der Waals surface area contributed by atoms with Gasteiger partial charge in [-0.1, -0.05) is 20.3 Å². The summed E-state index contributed by atoms with van der Waals surface area (Å²) in [7, 11) is 4.27. The van der Waals surface area contributed by atoms with E-state index in [1.165, 1.54) is 32.4 Å². The quantitative estimate of drug-likeness (QED) is 0.482. The van der Waals surface area contributed by atoms with Crippen molar-refractivity contribution in [1.82, 2.24) is 15.1 Å². The number of nitrogens with zero attached hydrogens (tertiary/aromatic N) is 2. The Hall–Kier alpha value is -0.160. The molecule has 0 rings (SSSR count). The van der Waals surface area contributed by atoms with E-state index >= 15 is 0 Å². The molecule has 0 aliphatic heterocycles. The topological polar surface area (TPSA) is 38.7 Å². The number of aliphatic hydroxyl groups excluding tert-OH is 1. The lowest BCUT2D eigenvalue weighted by Gasteiger charge is -2.29. The van der Waals surface area contributed by atoms with Crippen LogP contribution >= 0.6 is 0 Å². The molecule has 0 aromatic heterocycles. The third-order valence-electron chi connectivity index (χ3n) is 4.01. The summed E-state index contributed by atoms with van der Waals surface area (Å²) in [6, 6.07) is 0. The van der Waals surface area contributed by atoms with Crippen LogP contribution in [0.1, 0.15) is 52.9 Å². The predicted molar refractivity (Wildman–Crippen MR) is 92.9 cm³/mol. The summed E-state index contributed by atoms with van der Waals surface area (Å²) in [6.45, 7) is 12.4. The minimum absolute atomic E-state index is 0.102. The number of hydrogen-bond donors (Lipinski definition) is 2. The van der Waals surface area contributed by atoms with Crippen molar-refractivity contribution in [3.05, 3.63) is 0 Å². The van der Waals surface area contributed by atoms with Crippen molar-refractivity contribution >= 4 is 0 Å². The molecule has 0 aromatic rings. The molecular formula is C17H39N3O. The number of unbranched alkanes of at least 4 members (excludes halogenated alkanes) is 1. The summed E-state index contributed by atoms with van der Waals surface area (Å²) < 4.78 is 0. The van der Waals surface area contributed by atoms with E-state index in [1.54, 1.807) is 0 Å². The molecule has 1 atom stereocenters. The monoisotopic (exact) mass is 301 g/mol. The third-order valence-corrected chi connectivity index (χ3v) is 4.01. The molecule has 0 aliphatic rings. The normalized spacial score (nSPS) is 14.9. The first-order chi connectivity index (χ1) is 9.97. The summed E-state index contributed by atoms with van der Waals surface area (Å²) in [5, 5.41) is 13.1. The van der Waals surface area contributed by atoms with Crippen LogP contribution in [-0.4, -0.2) is 73.9 Å². The Labute approximate surface area is 132 Å². The molecular weight excluding hydrogens is 262 g/mol. The average Bonchev–Trinajstić information content (AvgIpc) is 2.46. The molecule has 4 nitrogen and oxygen atoms in total. The van der Waals surface area contributed by atoms with Gasteiger partial charge in [0.05, 0.1) is 6.61 Å². The lowest BCUT2D eigenvalue weighted by molar-refractivity contribution is 0.160. The Morgan fingerprint density at radius 1 is 0.952 bits per heavy atom. The Bertz CT molecular complexity index is 236. The minimum atomic E-state index is -0.102. The van der Waals surface area contributed by atoms with E-state index in [2.05, 4.69) is 50.0 Å². The summed E-state index contributed by atoms with van der Waals surface area (Å²) in [6.07, 6.45) is 5.79. The van der Waals surface area contributed by atoms with E-state index < -0.39 is 0 Å². The molecule has 128 valence electrons. The van der Waals surface area contributed by atoms with E-state index in [0.717, 1.165) is 32.5 Å². The van der Waals surface area contributed by atoms with Gasteiger partial charge in [0.1, 0.15) is 0 Å². The lowest BCUT2D eigenvalue weighted by Crippen LogP contribution is -2.46. The lowest BCUT2D eigenvalue weighted by atomic mass is 9.95. The van der Waals surface area contributed by atoms with Crippen molar-refractivity contribution in [2.75, 3.05) is 53.4 Å². The van der Waals surface area contributed by atoms with E-state index in [-0.39, 0.29) is 12.1 Å². The highest BCUT2D eigenvalue weighted by Gasteiger charge is 2.21. The van der Waals surface area contributed by atoms with Crippen LogP contribution in [0.2, 0.25) is 0 Å². The number of likely N-dealkylation sites (N-methyl/N-ethyl adjacent to an activating group) is 1. The predicted octanol–water partition coefficient (Wildman–Crippen LogP) is 2.18. The van der Waals surface area contributed by atoms with Crippen molar-refractivity contribution in [3.8, 4) is 0 Å². The second kappa shape index (κ2) is 12.4. The van der Waals surface area contributed by atoms with E-state index in [0.29, 0.717) is 0 Å². The molecule has 0 aliphatic carbocycles. The van der Waals surface area contributed by atoms with Gasteiger partial charge in [-0.2, -0.15) is 0 Å². The Morgan fingerprint density at radius 2 is 1.67 bits per heavy atom. The molecule has 0 spiro atoms. The van der Waals surface area contributed by atoms with Gasteiger partial charge in [0.2, 0.25) is 0 Å². The van der Waals surface area contributed by atoms with Crippen molar-refractivity contribution in [2.45, 2.75) is 58.4 Å². The van der Waals surface area contributed by atoms with Crippen molar-refractivity contribution in [3.63, 3.8) is 0 Å². The fourth-order valence-electron chi connectivity index (χ4n) is 2.49.